The highest BCUT2D eigenvalue weighted by molar-refractivity contribution is 9.10. The SMILES string of the molecule is Cc1ccc(N2C(C)CCNC(=O)C2CO)cc1Br. The Balaban J connectivity index is 2.41. The van der Waals surface area contributed by atoms with Crippen LogP contribution in [0.15, 0.2) is 22.7 Å². The number of aliphatic hydroxyl groups excluding tert-OH is 1. The maximum Gasteiger partial charge on any atom is 0.245 e. The Morgan fingerprint density at radius 2 is 2.26 bits per heavy atom. The quantitative estimate of drug-likeness (QED) is 0.871. The molecule has 0 radical (unpaired) electrons. The van der Waals surface area contributed by atoms with Crippen LogP contribution in [0.25, 0.3) is 0 Å². The first kappa shape index (κ1) is 14.3. The van der Waals surface area contributed by atoms with Crippen LogP contribution in [0.1, 0.15) is 18.9 Å². The van der Waals surface area contributed by atoms with Crippen molar-refractivity contribution in [2.45, 2.75) is 32.4 Å². The van der Waals surface area contributed by atoms with Crippen LogP contribution in [0.3, 0.4) is 0 Å². The van der Waals surface area contributed by atoms with Crippen molar-refractivity contribution in [2.75, 3.05) is 18.1 Å². The Morgan fingerprint density at radius 3 is 2.89 bits per heavy atom. The Hall–Kier alpha value is -1.07. The molecular weight excluding hydrogens is 308 g/mol. The van der Waals surface area contributed by atoms with E-state index in [0.717, 1.165) is 22.1 Å². The summed E-state index contributed by atoms with van der Waals surface area (Å²) in [7, 11) is 0. The standard InChI is InChI=1S/C14H19BrN2O2/c1-9-3-4-11(7-12(9)15)17-10(2)5-6-16-14(19)13(17)8-18/h3-4,7,10,13,18H,5-6,8H2,1-2H3,(H,16,19). The van der Waals surface area contributed by atoms with Gasteiger partial charge in [0.2, 0.25) is 5.91 Å². The highest BCUT2D eigenvalue weighted by Gasteiger charge is 2.31. The summed E-state index contributed by atoms with van der Waals surface area (Å²) in [5.41, 5.74) is 2.11. The molecule has 0 aliphatic carbocycles. The maximum absolute atomic E-state index is 12.0. The first-order valence-electron chi connectivity index (χ1n) is 6.47. The summed E-state index contributed by atoms with van der Waals surface area (Å²) in [6.45, 7) is 4.58. The van der Waals surface area contributed by atoms with Crippen molar-refractivity contribution in [1.29, 1.82) is 0 Å². The molecule has 4 nitrogen and oxygen atoms in total. The number of anilines is 1. The summed E-state index contributed by atoms with van der Waals surface area (Å²) in [6.07, 6.45) is 0.869. The number of nitrogens with one attached hydrogen (secondary N) is 1. The van der Waals surface area contributed by atoms with Gasteiger partial charge in [-0.05, 0) is 38.0 Å². The average molecular weight is 327 g/mol. The number of benzene rings is 1. The van der Waals surface area contributed by atoms with Gasteiger partial charge in [-0.3, -0.25) is 4.79 Å². The van der Waals surface area contributed by atoms with E-state index in [-0.39, 0.29) is 18.6 Å². The zero-order chi connectivity index (χ0) is 14.0. The van der Waals surface area contributed by atoms with E-state index in [1.165, 1.54) is 0 Å². The Labute approximate surface area is 121 Å². The van der Waals surface area contributed by atoms with Crippen LogP contribution >= 0.6 is 15.9 Å². The van der Waals surface area contributed by atoms with Crippen molar-refractivity contribution >= 4 is 27.5 Å². The molecule has 1 aromatic rings. The van der Waals surface area contributed by atoms with Crippen molar-refractivity contribution in [3.63, 3.8) is 0 Å². The molecule has 104 valence electrons. The van der Waals surface area contributed by atoms with Gasteiger partial charge in [0.1, 0.15) is 6.04 Å². The van der Waals surface area contributed by atoms with E-state index in [1.807, 2.05) is 30.0 Å². The number of aryl methyl sites for hydroxylation is 1. The second-order valence-electron chi connectivity index (χ2n) is 4.97. The molecule has 1 fully saturated rings. The van der Waals surface area contributed by atoms with Crippen molar-refractivity contribution in [1.82, 2.24) is 5.32 Å². The van der Waals surface area contributed by atoms with E-state index in [1.54, 1.807) is 0 Å². The number of carbonyl (C=O) groups is 1. The average Bonchev–Trinajstić information content (AvgIpc) is 2.52. The van der Waals surface area contributed by atoms with Crippen LogP contribution in [0.4, 0.5) is 5.69 Å². The van der Waals surface area contributed by atoms with Gasteiger partial charge < -0.3 is 15.3 Å². The zero-order valence-electron chi connectivity index (χ0n) is 11.2. The molecule has 0 bridgehead atoms. The second kappa shape index (κ2) is 5.92. The third kappa shape index (κ3) is 2.92. The van der Waals surface area contributed by atoms with Crippen molar-refractivity contribution < 1.29 is 9.90 Å². The molecule has 5 heteroatoms. The Kier molecular flexibility index (Phi) is 4.47. The molecule has 19 heavy (non-hydrogen) atoms. The predicted octanol–water partition coefficient (Wildman–Crippen LogP) is 1.83. The molecule has 2 rings (SSSR count). The van der Waals surface area contributed by atoms with Crippen LogP contribution in [0, 0.1) is 6.92 Å². The topological polar surface area (TPSA) is 52.6 Å². The van der Waals surface area contributed by atoms with Gasteiger partial charge in [0, 0.05) is 22.7 Å². The number of hydrogen-bond donors (Lipinski definition) is 2. The van der Waals surface area contributed by atoms with Gasteiger partial charge in [0.25, 0.3) is 0 Å². The lowest BCUT2D eigenvalue weighted by molar-refractivity contribution is -0.122. The lowest BCUT2D eigenvalue weighted by Crippen LogP contribution is -2.49. The summed E-state index contributed by atoms with van der Waals surface area (Å²) in [5, 5.41) is 12.4. The van der Waals surface area contributed by atoms with Gasteiger partial charge in [-0.25, -0.2) is 0 Å². The lowest BCUT2D eigenvalue weighted by Gasteiger charge is -2.34. The van der Waals surface area contributed by atoms with Gasteiger partial charge in [0.15, 0.2) is 0 Å². The number of aliphatic hydroxyl groups is 1. The number of nitrogens with zero attached hydrogens (tertiary/aromatic N) is 1. The Bertz CT molecular complexity index is 479. The molecule has 1 heterocycles. The zero-order valence-corrected chi connectivity index (χ0v) is 12.8. The van der Waals surface area contributed by atoms with E-state index < -0.39 is 6.04 Å². The first-order chi connectivity index (χ1) is 9.04. The highest BCUT2D eigenvalue weighted by atomic mass is 79.9. The smallest absolute Gasteiger partial charge is 0.245 e. The summed E-state index contributed by atoms with van der Waals surface area (Å²) in [5.74, 6) is -0.108. The summed E-state index contributed by atoms with van der Waals surface area (Å²) in [6, 6.07) is 5.70. The molecule has 2 atom stereocenters. The van der Waals surface area contributed by atoms with Crippen molar-refractivity contribution in [3.8, 4) is 0 Å². The first-order valence-corrected chi connectivity index (χ1v) is 7.27. The van der Waals surface area contributed by atoms with E-state index in [4.69, 9.17) is 0 Å². The molecular formula is C14H19BrN2O2. The minimum absolute atomic E-state index is 0.108. The number of carbonyl (C=O) groups excluding carboxylic acids is 1. The number of halogens is 1. The van der Waals surface area contributed by atoms with Gasteiger partial charge in [0.05, 0.1) is 6.61 Å². The molecule has 1 amide bonds. The summed E-state index contributed by atoms with van der Waals surface area (Å²) in [4.78, 5) is 14.0. The van der Waals surface area contributed by atoms with Crippen LogP contribution in [-0.2, 0) is 4.79 Å². The summed E-state index contributed by atoms with van der Waals surface area (Å²) < 4.78 is 1.01. The fourth-order valence-corrected chi connectivity index (χ4v) is 2.81. The van der Waals surface area contributed by atoms with Crippen LogP contribution in [0.2, 0.25) is 0 Å². The lowest BCUT2D eigenvalue weighted by atomic mass is 10.1. The van der Waals surface area contributed by atoms with Crippen LogP contribution in [0.5, 0.6) is 0 Å². The van der Waals surface area contributed by atoms with E-state index in [9.17, 15) is 9.90 Å². The molecule has 1 saturated heterocycles. The van der Waals surface area contributed by atoms with Crippen molar-refractivity contribution in [3.05, 3.63) is 28.2 Å². The minimum Gasteiger partial charge on any atom is -0.394 e. The third-order valence-electron chi connectivity index (χ3n) is 3.60. The molecule has 2 N–H and O–H groups in total. The molecule has 1 aliphatic rings. The second-order valence-corrected chi connectivity index (χ2v) is 5.82. The number of hydrogen-bond acceptors (Lipinski definition) is 3. The van der Waals surface area contributed by atoms with Crippen LogP contribution in [-0.4, -0.2) is 36.2 Å². The van der Waals surface area contributed by atoms with Gasteiger partial charge in [-0.2, -0.15) is 0 Å². The molecule has 1 aliphatic heterocycles. The van der Waals surface area contributed by atoms with Crippen molar-refractivity contribution in [2.24, 2.45) is 0 Å². The van der Waals surface area contributed by atoms with E-state index in [2.05, 4.69) is 28.2 Å². The van der Waals surface area contributed by atoms with Gasteiger partial charge in [-0.1, -0.05) is 22.0 Å². The number of amides is 1. The van der Waals surface area contributed by atoms with E-state index in [0.29, 0.717) is 6.54 Å². The molecule has 0 aromatic heterocycles. The predicted molar refractivity (Wildman–Crippen MR) is 79.3 cm³/mol. The number of rotatable bonds is 2. The van der Waals surface area contributed by atoms with Crippen LogP contribution < -0.4 is 10.2 Å². The fraction of sp³-hybridized carbons (Fsp3) is 0.500. The Morgan fingerprint density at radius 1 is 1.53 bits per heavy atom. The monoisotopic (exact) mass is 326 g/mol. The van der Waals surface area contributed by atoms with E-state index >= 15 is 0 Å². The molecule has 2 unspecified atom stereocenters. The summed E-state index contributed by atoms with van der Waals surface area (Å²) >= 11 is 3.52. The van der Waals surface area contributed by atoms with Gasteiger partial charge in [-0.15, -0.1) is 0 Å². The van der Waals surface area contributed by atoms with Gasteiger partial charge >= 0.3 is 0 Å². The highest BCUT2D eigenvalue weighted by Crippen LogP contribution is 2.28. The maximum atomic E-state index is 12.0. The third-order valence-corrected chi connectivity index (χ3v) is 4.46. The fourth-order valence-electron chi connectivity index (χ4n) is 2.44. The molecule has 0 saturated carbocycles. The molecule has 1 aromatic carbocycles. The minimum atomic E-state index is -0.521. The molecule has 0 spiro atoms. The largest absolute Gasteiger partial charge is 0.394 e. The normalized spacial score (nSPS) is 24.0.